The second kappa shape index (κ2) is 16.1. The molecule has 3 rings (SSSR count). The summed E-state index contributed by atoms with van der Waals surface area (Å²) in [6, 6.07) is 5.08. The van der Waals surface area contributed by atoms with E-state index in [-0.39, 0.29) is 24.6 Å². The fourth-order valence-electron chi connectivity index (χ4n) is 5.42. The van der Waals surface area contributed by atoms with Gasteiger partial charge in [-0.2, -0.15) is 0 Å². The fourth-order valence-corrected chi connectivity index (χ4v) is 5.42. The molecule has 1 atom stereocenters. The molecule has 1 N–H and O–H groups in total. The number of nitrogens with zero attached hydrogens (tertiary/aromatic N) is 3. The minimum atomic E-state index is -0.698. The summed E-state index contributed by atoms with van der Waals surface area (Å²) in [5, 5.41) is 2.34. The summed E-state index contributed by atoms with van der Waals surface area (Å²) in [4.78, 5) is 63.2. The van der Waals surface area contributed by atoms with Crippen LogP contribution in [0.3, 0.4) is 0 Å². The van der Waals surface area contributed by atoms with Crippen LogP contribution in [0.25, 0.3) is 17.1 Å². The summed E-state index contributed by atoms with van der Waals surface area (Å²) in [7, 11) is 1.70. The zero-order valence-corrected chi connectivity index (χ0v) is 28.6. The SMILES string of the molecule is Cn1c(=O)n(C2CCC(=O)NC2=O)c2ccc(C=CCCCCCCCCCCN(C(=O)OC(C)(C)C)C(=O)OC(C)(C)C)cc21. The number of imidazole rings is 1. The van der Waals surface area contributed by atoms with Gasteiger partial charge in [0.05, 0.1) is 11.0 Å². The third-order valence-corrected chi connectivity index (χ3v) is 7.68. The van der Waals surface area contributed by atoms with Gasteiger partial charge in [0.15, 0.2) is 0 Å². The number of aryl methyl sites for hydroxylation is 1. The average Bonchev–Trinajstić information content (AvgIpc) is 3.18. The van der Waals surface area contributed by atoms with E-state index in [1.54, 1.807) is 53.2 Å². The molecule has 254 valence electrons. The summed E-state index contributed by atoms with van der Waals surface area (Å²) in [6.45, 7) is 10.9. The van der Waals surface area contributed by atoms with E-state index in [2.05, 4.69) is 17.5 Å². The number of imide groups is 2. The molecule has 0 spiro atoms. The van der Waals surface area contributed by atoms with Crippen LogP contribution in [0.4, 0.5) is 9.59 Å². The van der Waals surface area contributed by atoms with Crippen molar-refractivity contribution in [1.29, 1.82) is 0 Å². The minimum absolute atomic E-state index is 0.216. The number of aromatic nitrogens is 2. The fraction of sp³-hybridized carbons (Fsp3) is 0.629. The van der Waals surface area contributed by atoms with E-state index in [4.69, 9.17) is 9.47 Å². The average molecular weight is 641 g/mol. The summed E-state index contributed by atoms with van der Waals surface area (Å²) < 4.78 is 13.9. The standard InChI is InChI=1S/C35H52N4O7/c1-34(2,3)45-32(43)38(33(44)46-35(4,5)6)23-17-15-13-11-9-8-10-12-14-16-18-25-19-20-26-28(24-25)37(7)31(42)39(26)27-21-22-29(40)36-30(27)41/h16,18-20,24,27H,8-15,17,21-23H2,1-7H3,(H,36,40,41). The lowest BCUT2D eigenvalue weighted by atomic mass is 10.1. The van der Waals surface area contributed by atoms with Crippen molar-refractivity contribution in [2.45, 2.75) is 129 Å². The number of carbonyl (C=O) groups excluding carboxylic acids is 4. The van der Waals surface area contributed by atoms with Gasteiger partial charge in [-0.15, -0.1) is 0 Å². The van der Waals surface area contributed by atoms with Gasteiger partial charge in [0.2, 0.25) is 11.8 Å². The van der Waals surface area contributed by atoms with Crippen molar-refractivity contribution in [2.75, 3.05) is 6.54 Å². The Hall–Kier alpha value is -3.89. The number of hydrogen-bond acceptors (Lipinski definition) is 7. The van der Waals surface area contributed by atoms with E-state index < -0.39 is 35.3 Å². The molecule has 1 aromatic carbocycles. The van der Waals surface area contributed by atoms with Gasteiger partial charge < -0.3 is 9.47 Å². The molecule has 1 saturated heterocycles. The minimum Gasteiger partial charge on any atom is -0.443 e. The first-order chi connectivity index (χ1) is 21.6. The van der Waals surface area contributed by atoms with E-state index >= 15 is 0 Å². The third kappa shape index (κ3) is 10.9. The molecule has 2 aromatic rings. The largest absolute Gasteiger partial charge is 0.443 e. The van der Waals surface area contributed by atoms with Crippen LogP contribution in [0, 0.1) is 0 Å². The van der Waals surface area contributed by atoms with Gasteiger partial charge in [-0.25, -0.2) is 19.3 Å². The Balaban J connectivity index is 1.36. The van der Waals surface area contributed by atoms with E-state index in [0.717, 1.165) is 67.3 Å². The van der Waals surface area contributed by atoms with Gasteiger partial charge in [-0.1, -0.05) is 56.7 Å². The number of carbonyl (C=O) groups is 4. The van der Waals surface area contributed by atoms with Gasteiger partial charge in [0, 0.05) is 20.0 Å². The smallest absolute Gasteiger partial charge is 0.419 e. The van der Waals surface area contributed by atoms with Gasteiger partial charge in [-0.05, 0) is 84.9 Å². The maximum Gasteiger partial charge on any atom is 0.419 e. The Morgan fingerprint density at radius 2 is 1.43 bits per heavy atom. The van der Waals surface area contributed by atoms with E-state index in [0.29, 0.717) is 18.4 Å². The highest BCUT2D eigenvalue weighted by molar-refractivity contribution is 6.00. The topological polar surface area (TPSA) is 129 Å². The van der Waals surface area contributed by atoms with Crippen LogP contribution in [-0.2, 0) is 26.1 Å². The molecule has 0 bridgehead atoms. The van der Waals surface area contributed by atoms with Gasteiger partial charge in [0.25, 0.3) is 0 Å². The van der Waals surface area contributed by atoms with Gasteiger partial charge >= 0.3 is 17.9 Å². The Bertz CT molecular complexity index is 1440. The van der Waals surface area contributed by atoms with Gasteiger partial charge in [0.1, 0.15) is 17.2 Å². The number of amides is 4. The Morgan fingerprint density at radius 1 is 0.870 bits per heavy atom. The van der Waals surface area contributed by atoms with Crippen molar-refractivity contribution >= 4 is 41.1 Å². The zero-order valence-electron chi connectivity index (χ0n) is 28.6. The number of allylic oxidation sites excluding steroid dienone is 1. The Morgan fingerprint density at radius 3 is 2.00 bits per heavy atom. The summed E-state index contributed by atoms with van der Waals surface area (Å²) in [5.41, 5.74) is 0.754. The van der Waals surface area contributed by atoms with E-state index in [1.807, 2.05) is 18.2 Å². The second-order valence-electron chi connectivity index (χ2n) is 14.1. The number of fused-ring (bicyclic) bond motifs is 1. The molecule has 0 aliphatic carbocycles. The van der Waals surface area contributed by atoms with Crippen LogP contribution in [0.5, 0.6) is 0 Å². The first kappa shape index (κ1) is 36.6. The van der Waals surface area contributed by atoms with E-state index in [1.165, 1.54) is 4.57 Å². The predicted octanol–water partition coefficient (Wildman–Crippen LogP) is 7.01. The molecule has 11 heteroatoms. The molecule has 1 aliphatic heterocycles. The van der Waals surface area contributed by atoms with E-state index in [9.17, 15) is 24.0 Å². The summed E-state index contributed by atoms with van der Waals surface area (Å²) in [5.74, 6) is -0.739. The molecular weight excluding hydrogens is 588 g/mol. The monoisotopic (exact) mass is 640 g/mol. The van der Waals surface area contributed by atoms with Crippen molar-refractivity contribution in [2.24, 2.45) is 7.05 Å². The third-order valence-electron chi connectivity index (χ3n) is 7.68. The summed E-state index contributed by atoms with van der Waals surface area (Å²) >= 11 is 0. The number of ether oxygens (including phenoxy) is 2. The van der Waals surface area contributed by atoms with Crippen molar-refractivity contribution < 1.29 is 28.7 Å². The van der Waals surface area contributed by atoms with Crippen molar-refractivity contribution in [3.63, 3.8) is 0 Å². The van der Waals surface area contributed by atoms with Crippen LogP contribution in [0.2, 0.25) is 0 Å². The molecule has 1 fully saturated rings. The normalized spacial score (nSPS) is 15.8. The Labute approximate surface area is 272 Å². The molecule has 1 unspecified atom stereocenters. The zero-order chi connectivity index (χ0) is 34.1. The quantitative estimate of drug-likeness (QED) is 0.184. The molecule has 4 amide bonds. The summed E-state index contributed by atoms with van der Waals surface area (Å²) in [6.07, 6.45) is 12.6. The number of rotatable bonds is 13. The number of unbranched alkanes of at least 4 members (excludes halogenated alkanes) is 8. The molecule has 1 aliphatic rings. The molecule has 1 aromatic heterocycles. The van der Waals surface area contributed by atoms with Crippen LogP contribution in [0.15, 0.2) is 29.1 Å². The predicted molar refractivity (Wildman–Crippen MR) is 178 cm³/mol. The first-order valence-electron chi connectivity index (χ1n) is 16.5. The second-order valence-corrected chi connectivity index (χ2v) is 14.1. The highest BCUT2D eigenvalue weighted by atomic mass is 16.6. The van der Waals surface area contributed by atoms with Crippen LogP contribution >= 0.6 is 0 Å². The van der Waals surface area contributed by atoms with Crippen LogP contribution < -0.4 is 11.0 Å². The van der Waals surface area contributed by atoms with Crippen LogP contribution in [-0.4, -0.2) is 55.8 Å². The molecular formula is C35H52N4O7. The molecule has 11 nitrogen and oxygen atoms in total. The number of nitrogens with one attached hydrogen (secondary N) is 1. The lowest BCUT2D eigenvalue weighted by Crippen LogP contribution is -2.44. The van der Waals surface area contributed by atoms with Crippen LogP contribution in [0.1, 0.15) is 124 Å². The lowest BCUT2D eigenvalue weighted by molar-refractivity contribution is -0.135. The highest BCUT2D eigenvalue weighted by Crippen LogP contribution is 2.24. The molecule has 2 heterocycles. The van der Waals surface area contributed by atoms with Crippen molar-refractivity contribution in [3.8, 4) is 0 Å². The maximum absolute atomic E-state index is 13.0. The molecule has 0 radical (unpaired) electrons. The van der Waals surface area contributed by atoms with Gasteiger partial charge in [-0.3, -0.25) is 24.0 Å². The molecule has 46 heavy (non-hydrogen) atoms. The lowest BCUT2D eigenvalue weighted by Gasteiger charge is -2.28. The number of piperidine rings is 1. The molecule has 0 saturated carbocycles. The van der Waals surface area contributed by atoms with Crippen molar-refractivity contribution in [1.82, 2.24) is 19.4 Å². The highest BCUT2D eigenvalue weighted by Gasteiger charge is 2.32. The Kier molecular flexibility index (Phi) is 12.8. The maximum atomic E-state index is 13.0. The van der Waals surface area contributed by atoms with Crippen molar-refractivity contribution in [3.05, 3.63) is 40.3 Å². The number of hydrogen-bond donors (Lipinski definition) is 1. The number of benzene rings is 1. The first-order valence-corrected chi connectivity index (χ1v) is 16.5.